The number of carbonyl (C=O) groups excluding carboxylic acids is 3. The monoisotopic (exact) mass is 318 g/mol. The van der Waals surface area contributed by atoms with Crippen LogP contribution in [-0.2, 0) is 20.1 Å². The summed E-state index contributed by atoms with van der Waals surface area (Å²) in [5.74, 6) is -0.122. The van der Waals surface area contributed by atoms with Gasteiger partial charge >= 0.3 is 0 Å². The third kappa shape index (κ3) is 4.22. The number of nitrogens with one attached hydrogen (secondary N) is 1. The van der Waals surface area contributed by atoms with Gasteiger partial charge in [0.2, 0.25) is 17.7 Å². The van der Waals surface area contributed by atoms with Crippen LogP contribution in [0.5, 0.6) is 0 Å². The van der Waals surface area contributed by atoms with Crippen LogP contribution < -0.4 is 5.32 Å². The molecule has 1 aromatic rings. The maximum Gasteiger partial charge on any atom is 0.246 e. The first-order valence-electron chi connectivity index (χ1n) is 5.47. The Kier molecular flexibility index (Phi) is 4.84. The molecule has 0 unspecified atom stereocenters. The molecule has 1 aromatic heterocycles. The topological polar surface area (TPSA) is 66.5 Å². The second-order valence-corrected chi connectivity index (χ2v) is 6.71. The van der Waals surface area contributed by atoms with Crippen molar-refractivity contribution >= 4 is 52.4 Å². The quantitative estimate of drug-likeness (QED) is 0.845. The zero-order valence-electron chi connectivity index (χ0n) is 9.85. The molecule has 0 aromatic carbocycles. The van der Waals surface area contributed by atoms with Crippen LogP contribution in [0.4, 0.5) is 0 Å². The number of rotatable bonds is 4. The summed E-state index contributed by atoms with van der Waals surface area (Å²) in [5.41, 5.74) is 0. The van der Waals surface area contributed by atoms with Crippen LogP contribution in [0.25, 0.3) is 0 Å². The molecule has 3 amide bonds. The Balaban J connectivity index is 1.78. The molecule has 0 saturated carbocycles. The number of hydrogen-bond acceptors (Lipinski definition) is 5. The second-order valence-electron chi connectivity index (χ2n) is 3.92. The van der Waals surface area contributed by atoms with E-state index in [1.54, 1.807) is 0 Å². The van der Waals surface area contributed by atoms with E-state index in [1.807, 2.05) is 12.1 Å². The lowest BCUT2D eigenvalue weighted by Gasteiger charge is -2.25. The third-order valence-electron chi connectivity index (χ3n) is 2.40. The Morgan fingerprint density at radius 1 is 1.37 bits per heavy atom. The smallest absolute Gasteiger partial charge is 0.246 e. The van der Waals surface area contributed by atoms with Crippen LogP contribution in [0.1, 0.15) is 4.88 Å². The Labute approximate surface area is 123 Å². The predicted octanol–water partition coefficient (Wildman–Crippen LogP) is 1.12. The van der Waals surface area contributed by atoms with Crippen molar-refractivity contribution in [3.8, 4) is 0 Å². The fourth-order valence-electron chi connectivity index (χ4n) is 1.57. The summed E-state index contributed by atoms with van der Waals surface area (Å²) >= 11 is 8.73. The number of carbonyl (C=O) groups is 3. The minimum atomic E-state index is -0.431. The Morgan fingerprint density at radius 3 is 2.63 bits per heavy atom. The molecule has 0 aliphatic carbocycles. The van der Waals surface area contributed by atoms with Gasteiger partial charge in [-0.3, -0.25) is 19.7 Å². The largest absolute Gasteiger partial charge is 0.323 e. The minimum Gasteiger partial charge on any atom is -0.323 e. The van der Waals surface area contributed by atoms with Gasteiger partial charge in [-0.05, 0) is 12.1 Å². The SMILES string of the molecule is O=C1CN(C(=O)CSCc2ccc(Cl)s2)CC(=O)N1. The van der Waals surface area contributed by atoms with Gasteiger partial charge in [-0.25, -0.2) is 0 Å². The normalized spacial score (nSPS) is 15.5. The van der Waals surface area contributed by atoms with Crippen molar-refractivity contribution in [2.75, 3.05) is 18.8 Å². The Bertz CT molecular complexity index is 502. The van der Waals surface area contributed by atoms with E-state index in [1.165, 1.54) is 28.0 Å². The van der Waals surface area contributed by atoms with Gasteiger partial charge in [0.25, 0.3) is 0 Å². The zero-order chi connectivity index (χ0) is 13.8. The van der Waals surface area contributed by atoms with E-state index in [0.717, 1.165) is 9.21 Å². The third-order valence-corrected chi connectivity index (χ3v) is 4.78. The maximum atomic E-state index is 11.8. The molecule has 102 valence electrons. The highest BCUT2D eigenvalue weighted by atomic mass is 35.5. The lowest BCUT2D eigenvalue weighted by molar-refractivity contribution is -0.144. The van der Waals surface area contributed by atoms with Gasteiger partial charge in [0.15, 0.2) is 0 Å². The molecule has 2 heterocycles. The van der Waals surface area contributed by atoms with E-state index in [-0.39, 0.29) is 24.7 Å². The molecule has 1 saturated heterocycles. The molecule has 8 heteroatoms. The average molecular weight is 319 g/mol. The highest BCUT2D eigenvalue weighted by Crippen LogP contribution is 2.25. The number of thioether (sulfide) groups is 1. The van der Waals surface area contributed by atoms with Gasteiger partial charge in [0.05, 0.1) is 10.1 Å². The minimum absolute atomic E-state index is 0.0457. The number of hydrogen-bond donors (Lipinski definition) is 1. The molecule has 0 bridgehead atoms. The van der Waals surface area contributed by atoms with Crippen LogP contribution in [-0.4, -0.2) is 41.5 Å². The number of amides is 3. The first-order chi connectivity index (χ1) is 9.04. The molecule has 1 aliphatic rings. The van der Waals surface area contributed by atoms with E-state index in [2.05, 4.69) is 5.32 Å². The van der Waals surface area contributed by atoms with Crippen molar-refractivity contribution in [3.63, 3.8) is 0 Å². The Hall–Kier alpha value is -1.05. The molecule has 5 nitrogen and oxygen atoms in total. The molecule has 19 heavy (non-hydrogen) atoms. The Morgan fingerprint density at radius 2 is 2.05 bits per heavy atom. The lowest BCUT2D eigenvalue weighted by atomic mass is 10.3. The summed E-state index contributed by atoms with van der Waals surface area (Å²) in [6.07, 6.45) is 0. The number of imide groups is 1. The molecular formula is C11H11ClN2O3S2. The predicted molar refractivity (Wildman–Crippen MR) is 75.2 cm³/mol. The van der Waals surface area contributed by atoms with Gasteiger partial charge in [0, 0.05) is 10.6 Å². The van der Waals surface area contributed by atoms with E-state index >= 15 is 0 Å². The van der Waals surface area contributed by atoms with Gasteiger partial charge in [-0.2, -0.15) is 0 Å². The standard InChI is InChI=1S/C11H11ClN2O3S2/c12-8-2-1-7(19-8)5-18-6-11(17)14-3-9(15)13-10(16)4-14/h1-2H,3-6H2,(H,13,15,16). The fraction of sp³-hybridized carbons (Fsp3) is 0.364. The average Bonchev–Trinajstić information content (AvgIpc) is 2.73. The van der Waals surface area contributed by atoms with Crippen molar-refractivity contribution < 1.29 is 14.4 Å². The number of nitrogens with zero attached hydrogens (tertiary/aromatic N) is 1. The van der Waals surface area contributed by atoms with Gasteiger partial charge in [-0.15, -0.1) is 23.1 Å². The van der Waals surface area contributed by atoms with Crippen LogP contribution in [0.2, 0.25) is 4.34 Å². The first-order valence-corrected chi connectivity index (χ1v) is 7.82. The zero-order valence-corrected chi connectivity index (χ0v) is 12.2. The van der Waals surface area contributed by atoms with Crippen molar-refractivity contribution in [2.45, 2.75) is 5.75 Å². The molecule has 0 radical (unpaired) electrons. The molecule has 0 spiro atoms. The van der Waals surface area contributed by atoms with Crippen molar-refractivity contribution in [1.29, 1.82) is 0 Å². The molecule has 1 fully saturated rings. The fourth-order valence-corrected chi connectivity index (χ4v) is 3.70. The van der Waals surface area contributed by atoms with Crippen molar-refractivity contribution in [3.05, 3.63) is 21.3 Å². The van der Waals surface area contributed by atoms with Crippen LogP contribution in [0.15, 0.2) is 12.1 Å². The summed E-state index contributed by atoms with van der Waals surface area (Å²) in [4.78, 5) is 36.5. The summed E-state index contributed by atoms with van der Waals surface area (Å²) in [7, 11) is 0. The van der Waals surface area contributed by atoms with E-state index < -0.39 is 11.8 Å². The summed E-state index contributed by atoms with van der Waals surface area (Å²) in [6.45, 7) is -0.0913. The van der Waals surface area contributed by atoms with Gasteiger partial charge in [-0.1, -0.05) is 11.6 Å². The number of thiophene rings is 1. The van der Waals surface area contributed by atoms with E-state index in [0.29, 0.717) is 5.75 Å². The summed E-state index contributed by atoms with van der Waals surface area (Å²) in [6, 6.07) is 3.74. The van der Waals surface area contributed by atoms with E-state index in [4.69, 9.17) is 11.6 Å². The van der Waals surface area contributed by atoms with Gasteiger partial charge < -0.3 is 4.90 Å². The van der Waals surface area contributed by atoms with Crippen molar-refractivity contribution in [1.82, 2.24) is 10.2 Å². The van der Waals surface area contributed by atoms with E-state index in [9.17, 15) is 14.4 Å². The highest BCUT2D eigenvalue weighted by Gasteiger charge is 2.25. The van der Waals surface area contributed by atoms with Crippen LogP contribution in [0.3, 0.4) is 0 Å². The van der Waals surface area contributed by atoms with Crippen LogP contribution in [0, 0.1) is 0 Å². The van der Waals surface area contributed by atoms with Crippen LogP contribution >= 0.6 is 34.7 Å². The highest BCUT2D eigenvalue weighted by molar-refractivity contribution is 7.99. The summed E-state index contributed by atoms with van der Waals surface area (Å²) < 4.78 is 0.722. The van der Waals surface area contributed by atoms with Gasteiger partial charge in [0.1, 0.15) is 13.1 Å². The molecule has 1 N–H and O–H groups in total. The first kappa shape index (κ1) is 14.4. The van der Waals surface area contributed by atoms with Crippen molar-refractivity contribution in [2.24, 2.45) is 0 Å². The lowest BCUT2D eigenvalue weighted by Crippen LogP contribution is -2.53. The maximum absolute atomic E-state index is 11.8. The second kappa shape index (κ2) is 6.40. The number of halogens is 1. The molecule has 1 aliphatic heterocycles. The molecular weight excluding hydrogens is 308 g/mol. The molecule has 0 atom stereocenters. The molecule has 2 rings (SSSR count). The summed E-state index contributed by atoms with van der Waals surface area (Å²) in [5, 5.41) is 2.16. The number of piperazine rings is 1.